The van der Waals surface area contributed by atoms with E-state index in [0.717, 1.165) is 21.5 Å². The van der Waals surface area contributed by atoms with Gasteiger partial charge in [0.15, 0.2) is 11.9 Å². The van der Waals surface area contributed by atoms with E-state index in [1.165, 1.54) is 12.7 Å². The molecule has 1 atom stereocenters. The Morgan fingerprint density at radius 1 is 1.22 bits per heavy atom. The molecule has 0 bridgehead atoms. The Hall–Kier alpha value is -3.59. The van der Waals surface area contributed by atoms with Crippen LogP contribution >= 0.6 is 11.3 Å². The molecule has 1 saturated heterocycles. The second kappa shape index (κ2) is 6.70. The number of oxazole rings is 1. The third kappa shape index (κ3) is 2.39. The van der Waals surface area contributed by atoms with Gasteiger partial charge in [-0.15, -0.1) is 11.3 Å². The van der Waals surface area contributed by atoms with Crippen molar-refractivity contribution >= 4 is 33.4 Å². The topological polar surface area (TPSA) is 71.8 Å². The van der Waals surface area contributed by atoms with Gasteiger partial charge in [-0.05, 0) is 29.6 Å². The maximum atomic E-state index is 13.7. The van der Waals surface area contributed by atoms with Gasteiger partial charge in [0.2, 0.25) is 0 Å². The van der Waals surface area contributed by atoms with Crippen molar-refractivity contribution in [2.24, 2.45) is 7.05 Å². The molecule has 2 amide bonds. The molecule has 0 saturated carbocycles. The van der Waals surface area contributed by atoms with E-state index in [-0.39, 0.29) is 11.8 Å². The summed E-state index contributed by atoms with van der Waals surface area (Å²) in [5.74, 6) is 0.478. The Balaban J connectivity index is 1.57. The van der Waals surface area contributed by atoms with Crippen LogP contribution in [0.1, 0.15) is 26.5 Å². The second-order valence-corrected chi connectivity index (χ2v) is 9.01. The summed E-state index contributed by atoms with van der Waals surface area (Å²) in [6.45, 7) is 1.34. The van der Waals surface area contributed by atoms with Crippen molar-refractivity contribution in [3.63, 3.8) is 0 Å². The number of ether oxygens (including phenoxy) is 1. The molecule has 4 aromatic rings. The first-order chi connectivity index (χ1) is 15.5. The van der Waals surface area contributed by atoms with Crippen LogP contribution in [-0.2, 0) is 19.3 Å². The van der Waals surface area contributed by atoms with Crippen molar-refractivity contribution in [1.82, 2.24) is 14.4 Å². The molecule has 5 heterocycles. The summed E-state index contributed by atoms with van der Waals surface area (Å²) < 4.78 is 14.3. The number of carbonyl (C=O) groups excluding carboxylic acids is 2. The number of carbonyl (C=O) groups is 2. The van der Waals surface area contributed by atoms with Gasteiger partial charge in [-0.1, -0.05) is 12.1 Å². The quantitative estimate of drug-likeness (QED) is 0.451. The summed E-state index contributed by atoms with van der Waals surface area (Å²) in [6, 6.07) is 11.6. The largest absolute Gasteiger partial charge is 0.497 e. The van der Waals surface area contributed by atoms with E-state index in [1.807, 2.05) is 46.7 Å². The molecule has 1 fully saturated rings. The smallest absolute Gasteiger partial charge is 0.334 e. The van der Waals surface area contributed by atoms with Gasteiger partial charge in [-0.25, -0.2) is 0 Å². The Bertz CT molecular complexity index is 1370. The molecule has 0 spiro atoms. The summed E-state index contributed by atoms with van der Waals surface area (Å²) in [5, 5.41) is 3.07. The van der Waals surface area contributed by atoms with E-state index in [4.69, 9.17) is 9.15 Å². The number of methoxy groups -OCH3 is 1. The minimum atomic E-state index is -0.951. The number of hydrogen-bond donors (Lipinski definition) is 0. The molecule has 2 aliphatic rings. The summed E-state index contributed by atoms with van der Waals surface area (Å²) in [7, 11) is 3.39. The standard InChI is InChI=1S/C23H21N4O4S/c1-24-14-31-12-19(24)21(29)27-9-8-26-20(28)18-11-15-7-10-32-22(15)25(18)13-23(26,27)16-3-5-17(30-2)6-4-16/h3-7,10-12,14H,8-9,13H2,1-2H3/q+1. The van der Waals surface area contributed by atoms with Crippen LogP contribution in [0, 0.1) is 0 Å². The van der Waals surface area contributed by atoms with Gasteiger partial charge >= 0.3 is 18.0 Å². The van der Waals surface area contributed by atoms with Crippen LogP contribution in [0.15, 0.2) is 58.9 Å². The zero-order valence-corrected chi connectivity index (χ0v) is 18.5. The summed E-state index contributed by atoms with van der Waals surface area (Å²) >= 11 is 1.60. The van der Waals surface area contributed by atoms with Crippen LogP contribution in [0.25, 0.3) is 10.2 Å². The van der Waals surface area contributed by atoms with Gasteiger partial charge in [0.1, 0.15) is 23.3 Å². The molecule has 9 heteroatoms. The van der Waals surface area contributed by atoms with Gasteiger partial charge in [0.25, 0.3) is 5.91 Å². The number of nitrogens with zero attached hydrogens (tertiary/aromatic N) is 4. The Morgan fingerprint density at radius 2 is 2.03 bits per heavy atom. The van der Waals surface area contributed by atoms with Crippen molar-refractivity contribution in [1.29, 1.82) is 0 Å². The highest BCUT2D eigenvalue weighted by Crippen LogP contribution is 2.45. The number of aryl methyl sites for hydroxylation is 1. The molecule has 3 aromatic heterocycles. The number of aromatic nitrogens is 2. The lowest BCUT2D eigenvalue weighted by Crippen LogP contribution is -2.60. The first kappa shape index (κ1) is 19.1. The number of fused-ring (bicyclic) bond motifs is 4. The average Bonchev–Trinajstić information content (AvgIpc) is 3.57. The van der Waals surface area contributed by atoms with E-state index in [9.17, 15) is 9.59 Å². The monoisotopic (exact) mass is 449 g/mol. The lowest BCUT2D eigenvalue weighted by molar-refractivity contribution is -0.676. The predicted octanol–water partition coefficient (Wildman–Crippen LogP) is 2.59. The molecular formula is C23H21N4O4S+. The first-order valence-corrected chi connectivity index (χ1v) is 11.2. The van der Waals surface area contributed by atoms with Crippen LogP contribution in [0.4, 0.5) is 0 Å². The Morgan fingerprint density at radius 3 is 2.75 bits per heavy atom. The zero-order valence-electron chi connectivity index (χ0n) is 17.6. The number of benzene rings is 1. The van der Waals surface area contributed by atoms with Crippen molar-refractivity contribution in [3.05, 3.63) is 71.4 Å². The third-order valence-electron chi connectivity index (χ3n) is 6.58. The van der Waals surface area contributed by atoms with Crippen LogP contribution in [0.2, 0.25) is 0 Å². The third-order valence-corrected chi connectivity index (χ3v) is 7.53. The SMILES string of the molecule is COc1ccc(C23Cn4c(cc5ccsc54)C(=O)N2CCN3C(=O)c2coc[n+]2C)cc1. The maximum absolute atomic E-state index is 13.7. The van der Waals surface area contributed by atoms with Crippen LogP contribution in [0.3, 0.4) is 0 Å². The fourth-order valence-corrected chi connectivity index (χ4v) is 5.92. The molecule has 162 valence electrons. The highest BCUT2D eigenvalue weighted by Gasteiger charge is 2.57. The molecule has 1 aromatic carbocycles. The molecule has 0 radical (unpaired) electrons. The van der Waals surface area contributed by atoms with Crippen molar-refractivity contribution < 1.29 is 23.3 Å². The van der Waals surface area contributed by atoms with Crippen LogP contribution < -0.4 is 9.30 Å². The molecule has 0 N–H and O–H groups in total. The number of rotatable bonds is 3. The zero-order chi connectivity index (χ0) is 22.0. The molecule has 1 unspecified atom stereocenters. The van der Waals surface area contributed by atoms with Crippen molar-refractivity contribution in [2.45, 2.75) is 12.2 Å². The fourth-order valence-electron chi connectivity index (χ4n) is 5.02. The fraction of sp³-hybridized carbons (Fsp3) is 0.261. The van der Waals surface area contributed by atoms with Gasteiger partial charge in [-0.3, -0.25) is 9.59 Å². The molecule has 0 aliphatic carbocycles. The van der Waals surface area contributed by atoms with E-state index >= 15 is 0 Å². The Labute approximate surface area is 187 Å². The van der Waals surface area contributed by atoms with Gasteiger partial charge in [-0.2, -0.15) is 4.57 Å². The van der Waals surface area contributed by atoms with Gasteiger partial charge in [0.05, 0.1) is 13.7 Å². The van der Waals surface area contributed by atoms with E-state index in [2.05, 4.69) is 4.57 Å². The summed E-state index contributed by atoms with van der Waals surface area (Å²) in [5.41, 5.74) is 1.02. The van der Waals surface area contributed by atoms with E-state index in [0.29, 0.717) is 31.0 Å². The molecule has 6 rings (SSSR count). The number of hydrogen-bond acceptors (Lipinski definition) is 5. The van der Waals surface area contributed by atoms with E-state index in [1.54, 1.807) is 35.0 Å². The minimum absolute atomic E-state index is 0.0673. The molecule has 8 nitrogen and oxygen atoms in total. The van der Waals surface area contributed by atoms with Crippen LogP contribution in [0.5, 0.6) is 5.75 Å². The molecular weight excluding hydrogens is 428 g/mol. The molecule has 32 heavy (non-hydrogen) atoms. The molecule has 2 aliphatic heterocycles. The number of thiophene rings is 1. The average molecular weight is 450 g/mol. The van der Waals surface area contributed by atoms with E-state index < -0.39 is 5.66 Å². The van der Waals surface area contributed by atoms with Crippen molar-refractivity contribution in [2.75, 3.05) is 20.2 Å². The highest BCUT2D eigenvalue weighted by atomic mass is 32.1. The second-order valence-electron chi connectivity index (χ2n) is 8.11. The normalized spacial score (nSPS) is 20.0. The highest BCUT2D eigenvalue weighted by molar-refractivity contribution is 7.16. The van der Waals surface area contributed by atoms with Crippen molar-refractivity contribution in [3.8, 4) is 5.75 Å². The van der Waals surface area contributed by atoms with Gasteiger partial charge in [0, 0.05) is 24.0 Å². The lowest BCUT2D eigenvalue weighted by atomic mass is 9.94. The minimum Gasteiger partial charge on any atom is -0.497 e. The summed E-state index contributed by atoms with van der Waals surface area (Å²) in [4.78, 5) is 32.1. The summed E-state index contributed by atoms with van der Waals surface area (Å²) in [6.07, 6.45) is 2.95. The number of amides is 2. The van der Waals surface area contributed by atoms with Crippen LogP contribution in [-0.4, -0.2) is 46.4 Å². The predicted molar refractivity (Wildman–Crippen MR) is 116 cm³/mol. The lowest BCUT2D eigenvalue weighted by Gasteiger charge is -2.46. The maximum Gasteiger partial charge on any atom is 0.334 e. The first-order valence-electron chi connectivity index (χ1n) is 10.3. The van der Waals surface area contributed by atoms with Gasteiger partial charge < -0.3 is 23.5 Å². The Kier molecular flexibility index (Phi) is 4.00.